The zero-order valence-corrected chi connectivity index (χ0v) is 14.0. The van der Waals surface area contributed by atoms with Crippen molar-refractivity contribution >= 4 is 40.3 Å². The van der Waals surface area contributed by atoms with Crippen LogP contribution in [0.25, 0.3) is 0 Å². The van der Waals surface area contributed by atoms with Gasteiger partial charge in [0.2, 0.25) is 0 Å². The lowest BCUT2D eigenvalue weighted by molar-refractivity contribution is 0.0956. The number of rotatable bonds is 5. The SMILES string of the molecule is O=C(NCCSC1CCCCC1)c1ccc(I)cc1. The number of benzene rings is 1. The van der Waals surface area contributed by atoms with E-state index >= 15 is 0 Å². The van der Waals surface area contributed by atoms with Gasteiger partial charge < -0.3 is 5.32 Å². The highest BCUT2D eigenvalue weighted by atomic mass is 127. The Labute approximate surface area is 133 Å². The number of amides is 1. The highest BCUT2D eigenvalue weighted by Gasteiger charge is 2.13. The van der Waals surface area contributed by atoms with Gasteiger partial charge in [-0.3, -0.25) is 4.79 Å². The van der Waals surface area contributed by atoms with Crippen LogP contribution in [0.2, 0.25) is 0 Å². The van der Waals surface area contributed by atoms with Gasteiger partial charge in [-0.25, -0.2) is 0 Å². The predicted octanol–water partition coefficient (Wildman–Crippen LogP) is 4.09. The van der Waals surface area contributed by atoms with Crippen molar-refractivity contribution in [2.24, 2.45) is 0 Å². The normalized spacial score (nSPS) is 16.3. The minimum absolute atomic E-state index is 0.0423. The Morgan fingerprint density at radius 1 is 1.21 bits per heavy atom. The lowest BCUT2D eigenvalue weighted by Gasteiger charge is -2.20. The Morgan fingerprint density at radius 2 is 1.89 bits per heavy atom. The van der Waals surface area contributed by atoms with E-state index in [9.17, 15) is 4.79 Å². The van der Waals surface area contributed by atoms with Crippen LogP contribution in [0.4, 0.5) is 0 Å². The van der Waals surface area contributed by atoms with E-state index in [1.165, 1.54) is 32.1 Å². The van der Waals surface area contributed by atoms with E-state index in [4.69, 9.17) is 0 Å². The van der Waals surface area contributed by atoms with Crippen LogP contribution in [0.1, 0.15) is 42.5 Å². The van der Waals surface area contributed by atoms with Crippen molar-refractivity contribution in [3.63, 3.8) is 0 Å². The summed E-state index contributed by atoms with van der Waals surface area (Å²) < 4.78 is 1.15. The molecule has 0 saturated heterocycles. The standard InChI is InChI=1S/C15H20INOS/c16-13-8-6-12(7-9-13)15(18)17-10-11-19-14-4-2-1-3-5-14/h6-9,14H,1-5,10-11H2,(H,17,18). The van der Waals surface area contributed by atoms with Crippen molar-refractivity contribution in [2.45, 2.75) is 37.4 Å². The second-order valence-electron chi connectivity index (χ2n) is 4.89. The maximum Gasteiger partial charge on any atom is 0.251 e. The van der Waals surface area contributed by atoms with E-state index in [1.54, 1.807) is 0 Å². The van der Waals surface area contributed by atoms with Gasteiger partial charge in [-0.2, -0.15) is 11.8 Å². The van der Waals surface area contributed by atoms with Gasteiger partial charge in [0.25, 0.3) is 5.91 Å². The molecule has 0 spiro atoms. The molecule has 0 bridgehead atoms. The first-order valence-electron chi connectivity index (χ1n) is 6.91. The zero-order chi connectivity index (χ0) is 13.5. The first-order valence-corrected chi connectivity index (χ1v) is 9.04. The number of carbonyl (C=O) groups is 1. The second kappa shape index (κ2) is 8.15. The predicted molar refractivity (Wildman–Crippen MR) is 90.8 cm³/mol. The molecule has 2 rings (SSSR count). The Morgan fingerprint density at radius 3 is 2.58 bits per heavy atom. The second-order valence-corrected chi connectivity index (χ2v) is 7.55. The molecule has 1 aliphatic carbocycles. The molecule has 1 saturated carbocycles. The molecule has 1 aromatic carbocycles. The summed E-state index contributed by atoms with van der Waals surface area (Å²) in [4.78, 5) is 11.9. The van der Waals surface area contributed by atoms with Crippen molar-refractivity contribution < 1.29 is 4.79 Å². The molecule has 1 amide bonds. The molecule has 0 radical (unpaired) electrons. The lowest BCUT2D eigenvalue weighted by Crippen LogP contribution is -2.26. The average Bonchev–Trinajstić information content (AvgIpc) is 2.45. The first-order chi connectivity index (χ1) is 9.25. The number of hydrogen-bond donors (Lipinski definition) is 1. The largest absolute Gasteiger partial charge is 0.351 e. The average molecular weight is 389 g/mol. The minimum atomic E-state index is 0.0423. The van der Waals surface area contributed by atoms with Crippen LogP contribution in [0, 0.1) is 3.57 Å². The highest BCUT2D eigenvalue weighted by Crippen LogP contribution is 2.27. The van der Waals surface area contributed by atoms with E-state index < -0.39 is 0 Å². The van der Waals surface area contributed by atoms with E-state index in [2.05, 4.69) is 27.9 Å². The molecular formula is C15H20INOS. The fourth-order valence-corrected chi connectivity index (χ4v) is 3.90. The maximum absolute atomic E-state index is 11.9. The number of carbonyl (C=O) groups excluding carboxylic acids is 1. The van der Waals surface area contributed by atoms with Crippen molar-refractivity contribution in [3.05, 3.63) is 33.4 Å². The molecule has 1 N–H and O–H groups in total. The molecule has 0 aliphatic heterocycles. The van der Waals surface area contributed by atoms with Crippen molar-refractivity contribution in [3.8, 4) is 0 Å². The summed E-state index contributed by atoms with van der Waals surface area (Å²) in [5.74, 6) is 1.07. The quantitative estimate of drug-likeness (QED) is 0.607. The van der Waals surface area contributed by atoms with Crippen molar-refractivity contribution in [1.82, 2.24) is 5.32 Å². The monoisotopic (exact) mass is 389 g/mol. The maximum atomic E-state index is 11.9. The summed E-state index contributed by atoms with van der Waals surface area (Å²) in [5, 5.41) is 3.82. The number of halogens is 1. The van der Waals surface area contributed by atoms with Crippen molar-refractivity contribution in [2.75, 3.05) is 12.3 Å². The van der Waals surface area contributed by atoms with Crippen LogP contribution >= 0.6 is 34.4 Å². The molecule has 1 fully saturated rings. The third kappa shape index (κ3) is 5.34. The molecule has 19 heavy (non-hydrogen) atoms. The molecule has 0 heterocycles. The van der Waals surface area contributed by atoms with Gasteiger partial charge in [0.1, 0.15) is 0 Å². The van der Waals surface area contributed by atoms with Gasteiger partial charge in [-0.15, -0.1) is 0 Å². The first kappa shape index (κ1) is 15.2. The van der Waals surface area contributed by atoms with Crippen LogP contribution in [-0.2, 0) is 0 Å². The molecule has 1 aliphatic rings. The smallest absolute Gasteiger partial charge is 0.251 e. The zero-order valence-electron chi connectivity index (χ0n) is 11.0. The van der Waals surface area contributed by atoms with Gasteiger partial charge in [0.15, 0.2) is 0 Å². The van der Waals surface area contributed by atoms with Crippen LogP contribution in [0.3, 0.4) is 0 Å². The molecule has 104 valence electrons. The molecular weight excluding hydrogens is 369 g/mol. The van der Waals surface area contributed by atoms with E-state index in [0.29, 0.717) is 0 Å². The fourth-order valence-electron chi connectivity index (χ4n) is 2.33. The minimum Gasteiger partial charge on any atom is -0.351 e. The van der Waals surface area contributed by atoms with Crippen LogP contribution < -0.4 is 5.32 Å². The highest BCUT2D eigenvalue weighted by molar-refractivity contribution is 14.1. The molecule has 0 unspecified atom stereocenters. The summed E-state index contributed by atoms with van der Waals surface area (Å²) in [6.45, 7) is 0.770. The van der Waals surface area contributed by atoms with Crippen molar-refractivity contribution in [1.29, 1.82) is 0 Å². The summed E-state index contributed by atoms with van der Waals surface area (Å²) in [6, 6.07) is 7.69. The van der Waals surface area contributed by atoms with E-state index in [-0.39, 0.29) is 5.91 Å². The molecule has 0 aromatic heterocycles. The van der Waals surface area contributed by atoms with Gasteiger partial charge in [-0.1, -0.05) is 19.3 Å². The lowest BCUT2D eigenvalue weighted by atomic mass is 10.0. The van der Waals surface area contributed by atoms with Gasteiger partial charge in [0.05, 0.1) is 0 Å². The Balaban J connectivity index is 1.64. The van der Waals surface area contributed by atoms with E-state index in [1.807, 2.05) is 36.0 Å². The topological polar surface area (TPSA) is 29.1 Å². The molecule has 2 nitrogen and oxygen atoms in total. The number of nitrogens with one attached hydrogen (secondary N) is 1. The molecule has 0 atom stereocenters. The summed E-state index contributed by atoms with van der Waals surface area (Å²) in [5.41, 5.74) is 0.753. The Kier molecular flexibility index (Phi) is 6.50. The van der Waals surface area contributed by atoms with E-state index in [0.717, 1.165) is 26.7 Å². The third-order valence-electron chi connectivity index (χ3n) is 3.40. The fraction of sp³-hybridized carbons (Fsp3) is 0.533. The van der Waals surface area contributed by atoms with Gasteiger partial charge >= 0.3 is 0 Å². The Bertz CT molecular complexity index is 401. The summed E-state index contributed by atoms with van der Waals surface area (Å²) in [7, 11) is 0. The number of hydrogen-bond acceptors (Lipinski definition) is 2. The van der Waals surface area contributed by atoms with Crippen LogP contribution in [-0.4, -0.2) is 23.5 Å². The third-order valence-corrected chi connectivity index (χ3v) is 5.50. The molecule has 1 aromatic rings. The molecule has 4 heteroatoms. The number of thioether (sulfide) groups is 1. The Hall–Kier alpha value is -0.230. The van der Waals surface area contributed by atoms with Gasteiger partial charge in [-0.05, 0) is 59.7 Å². The summed E-state index contributed by atoms with van der Waals surface area (Å²) >= 11 is 4.27. The van der Waals surface area contributed by atoms with Crippen LogP contribution in [0.15, 0.2) is 24.3 Å². The summed E-state index contributed by atoms with van der Waals surface area (Å²) in [6.07, 6.45) is 6.88. The van der Waals surface area contributed by atoms with Crippen LogP contribution in [0.5, 0.6) is 0 Å². The van der Waals surface area contributed by atoms with Gasteiger partial charge in [0, 0.05) is 26.7 Å².